The molecule has 0 fully saturated rings. The van der Waals surface area contributed by atoms with Crippen LogP contribution in [-0.2, 0) is 19.1 Å². The molecule has 0 aliphatic carbocycles. The van der Waals surface area contributed by atoms with Gasteiger partial charge in [0.1, 0.15) is 0 Å². The van der Waals surface area contributed by atoms with Crippen molar-refractivity contribution in [2.24, 2.45) is 5.73 Å². The van der Waals surface area contributed by atoms with Crippen molar-refractivity contribution in [1.82, 2.24) is 0 Å². The fraction of sp³-hybridized carbons (Fsp3) is 0.556. The third-order valence-corrected chi connectivity index (χ3v) is 1.22. The van der Waals surface area contributed by atoms with Crippen molar-refractivity contribution in [3.63, 3.8) is 0 Å². The summed E-state index contributed by atoms with van der Waals surface area (Å²) in [6, 6.07) is 0. The first-order valence-electron chi connectivity index (χ1n) is 4.32. The average molecular weight is 201 g/mol. The van der Waals surface area contributed by atoms with Gasteiger partial charge in [0.2, 0.25) is 6.79 Å². The lowest BCUT2D eigenvalue weighted by Gasteiger charge is -2.03. The highest BCUT2D eigenvalue weighted by Gasteiger charge is 2.02. The molecule has 0 amide bonds. The van der Waals surface area contributed by atoms with Gasteiger partial charge in [-0.15, -0.1) is 0 Å². The number of carbonyl (C=O) groups is 2. The van der Waals surface area contributed by atoms with Gasteiger partial charge in [0, 0.05) is 18.2 Å². The van der Waals surface area contributed by atoms with Crippen LogP contribution < -0.4 is 5.73 Å². The van der Waals surface area contributed by atoms with Crippen LogP contribution in [-0.4, -0.2) is 18.7 Å². The molecule has 0 aromatic rings. The van der Waals surface area contributed by atoms with Gasteiger partial charge < -0.3 is 15.2 Å². The second-order valence-corrected chi connectivity index (χ2v) is 2.74. The maximum absolute atomic E-state index is 10.8. The highest BCUT2D eigenvalue weighted by molar-refractivity contribution is 5.82. The lowest BCUT2D eigenvalue weighted by Crippen LogP contribution is -2.11. The van der Waals surface area contributed by atoms with Gasteiger partial charge in [0.05, 0.1) is 0 Å². The monoisotopic (exact) mass is 201 g/mol. The average Bonchev–Trinajstić information content (AvgIpc) is 2.02. The normalized spacial score (nSPS) is 10.9. The van der Waals surface area contributed by atoms with Crippen LogP contribution in [0.2, 0.25) is 0 Å². The SMILES string of the molecule is CCCC(=O)OCOC(=O)/C=C(\C)N. The highest BCUT2D eigenvalue weighted by Crippen LogP contribution is 1.92. The number of allylic oxidation sites excluding steroid dienone is 1. The summed E-state index contributed by atoms with van der Waals surface area (Å²) in [4.78, 5) is 21.6. The Hall–Kier alpha value is -1.52. The molecule has 0 saturated carbocycles. The Bertz CT molecular complexity index is 231. The molecule has 5 heteroatoms. The van der Waals surface area contributed by atoms with Gasteiger partial charge in [-0.2, -0.15) is 0 Å². The van der Waals surface area contributed by atoms with Crippen molar-refractivity contribution < 1.29 is 19.1 Å². The molecule has 2 N–H and O–H groups in total. The molecule has 0 spiro atoms. The predicted octanol–water partition coefficient (Wildman–Crippen LogP) is 0.693. The summed E-state index contributed by atoms with van der Waals surface area (Å²) in [5.74, 6) is -0.997. The molecular formula is C9H15NO4. The van der Waals surface area contributed by atoms with Gasteiger partial charge >= 0.3 is 11.9 Å². The Morgan fingerprint density at radius 3 is 2.50 bits per heavy atom. The molecule has 0 radical (unpaired) electrons. The number of hydrogen-bond acceptors (Lipinski definition) is 5. The third-order valence-electron chi connectivity index (χ3n) is 1.22. The fourth-order valence-corrected chi connectivity index (χ4v) is 0.657. The van der Waals surface area contributed by atoms with Crippen molar-refractivity contribution >= 4 is 11.9 Å². The maximum Gasteiger partial charge on any atom is 0.335 e. The van der Waals surface area contributed by atoms with E-state index in [9.17, 15) is 9.59 Å². The van der Waals surface area contributed by atoms with Crippen LogP contribution in [0.5, 0.6) is 0 Å². The topological polar surface area (TPSA) is 78.6 Å². The minimum absolute atomic E-state index is 0.323. The van der Waals surface area contributed by atoms with E-state index in [0.717, 1.165) is 6.08 Å². The molecule has 80 valence electrons. The van der Waals surface area contributed by atoms with Crippen molar-refractivity contribution in [1.29, 1.82) is 0 Å². The smallest absolute Gasteiger partial charge is 0.335 e. The fourth-order valence-electron chi connectivity index (χ4n) is 0.657. The third kappa shape index (κ3) is 7.15. The number of rotatable bonds is 5. The van der Waals surface area contributed by atoms with Crippen LogP contribution >= 0.6 is 0 Å². The lowest BCUT2D eigenvalue weighted by atomic mass is 10.3. The van der Waals surface area contributed by atoms with Crippen LogP contribution in [0.1, 0.15) is 26.7 Å². The summed E-state index contributed by atoms with van der Waals surface area (Å²) < 4.78 is 9.11. The first-order valence-corrected chi connectivity index (χ1v) is 4.32. The summed E-state index contributed by atoms with van der Waals surface area (Å²) in [7, 11) is 0. The quantitative estimate of drug-likeness (QED) is 0.402. The van der Waals surface area contributed by atoms with Crippen LogP contribution in [0, 0.1) is 0 Å². The summed E-state index contributed by atoms with van der Waals surface area (Å²) in [6.45, 7) is 3.06. The Labute approximate surface area is 82.9 Å². The van der Waals surface area contributed by atoms with Crippen LogP contribution in [0.3, 0.4) is 0 Å². The summed E-state index contributed by atoms with van der Waals surface area (Å²) in [6.07, 6.45) is 2.14. The molecule has 0 saturated heterocycles. The van der Waals surface area contributed by atoms with Crippen molar-refractivity contribution in [2.75, 3.05) is 6.79 Å². The van der Waals surface area contributed by atoms with E-state index in [1.807, 2.05) is 6.92 Å². The Balaban J connectivity index is 3.59. The molecular weight excluding hydrogens is 186 g/mol. The number of ether oxygens (including phenoxy) is 2. The maximum atomic E-state index is 10.8. The second kappa shape index (κ2) is 6.94. The number of carbonyl (C=O) groups excluding carboxylic acids is 2. The van der Waals surface area contributed by atoms with E-state index in [2.05, 4.69) is 9.47 Å². The van der Waals surface area contributed by atoms with E-state index < -0.39 is 5.97 Å². The minimum Gasteiger partial charge on any atom is -0.428 e. The lowest BCUT2D eigenvalue weighted by molar-refractivity contribution is -0.163. The minimum atomic E-state index is -0.616. The molecule has 0 unspecified atom stereocenters. The Kier molecular flexibility index (Phi) is 6.19. The molecule has 0 aliphatic heterocycles. The highest BCUT2D eigenvalue weighted by atomic mass is 16.7. The van der Waals surface area contributed by atoms with Crippen LogP contribution in [0.4, 0.5) is 0 Å². The zero-order valence-electron chi connectivity index (χ0n) is 8.41. The number of nitrogens with two attached hydrogens (primary N) is 1. The standard InChI is InChI=1S/C9H15NO4/c1-3-4-8(11)13-6-14-9(12)5-7(2)10/h5H,3-4,6,10H2,1-2H3/b7-5+. The van der Waals surface area contributed by atoms with E-state index in [-0.39, 0.29) is 12.8 Å². The molecule has 0 aromatic carbocycles. The summed E-state index contributed by atoms with van der Waals surface area (Å²) in [5, 5.41) is 0. The zero-order valence-corrected chi connectivity index (χ0v) is 8.41. The molecule has 0 heterocycles. The number of esters is 2. The van der Waals surface area contributed by atoms with Gasteiger partial charge in [-0.3, -0.25) is 4.79 Å². The Morgan fingerprint density at radius 2 is 2.00 bits per heavy atom. The van der Waals surface area contributed by atoms with E-state index in [1.54, 1.807) is 6.92 Å². The summed E-state index contributed by atoms with van der Waals surface area (Å²) in [5.41, 5.74) is 5.57. The Morgan fingerprint density at radius 1 is 1.36 bits per heavy atom. The van der Waals surface area contributed by atoms with Gasteiger partial charge in [-0.25, -0.2) is 4.79 Å². The van der Waals surface area contributed by atoms with Crippen molar-refractivity contribution in [3.8, 4) is 0 Å². The zero-order chi connectivity index (χ0) is 11.0. The largest absolute Gasteiger partial charge is 0.428 e. The van der Waals surface area contributed by atoms with E-state index >= 15 is 0 Å². The van der Waals surface area contributed by atoms with E-state index in [4.69, 9.17) is 5.73 Å². The van der Waals surface area contributed by atoms with Gasteiger partial charge in [-0.05, 0) is 13.3 Å². The first kappa shape index (κ1) is 12.5. The van der Waals surface area contributed by atoms with Gasteiger partial charge in [-0.1, -0.05) is 6.92 Å². The molecule has 0 atom stereocenters. The van der Waals surface area contributed by atoms with Crippen molar-refractivity contribution in [3.05, 3.63) is 11.8 Å². The second-order valence-electron chi connectivity index (χ2n) is 2.74. The molecule has 0 rings (SSSR count). The molecule has 5 nitrogen and oxygen atoms in total. The summed E-state index contributed by atoms with van der Waals surface area (Å²) >= 11 is 0. The predicted molar refractivity (Wildman–Crippen MR) is 49.9 cm³/mol. The van der Waals surface area contributed by atoms with Gasteiger partial charge in [0.25, 0.3) is 0 Å². The van der Waals surface area contributed by atoms with Crippen LogP contribution in [0.25, 0.3) is 0 Å². The number of hydrogen-bond donors (Lipinski definition) is 1. The molecule has 0 aliphatic rings. The molecule has 0 aromatic heterocycles. The van der Waals surface area contributed by atoms with Crippen LogP contribution in [0.15, 0.2) is 11.8 Å². The van der Waals surface area contributed by atoms with Gasteiger partial charge in [0.15, 0.2) is 0 Å². The first-order chi connectivity index (χ1) is 6.56. The van der Waals surface area contributed by atoms with E-state index in [1.165, 1.54) is 0 Å². The molecule has 14 heavy (non-hydrogen) atoms. The van der Waals surface area contributed by atoms with Crippen molar-refractivity contribution in [2.45, 2.75) is 26.7 Å². The van der Waals surface area contributed by atoms with E-state index in [0.29, 0.717) is 18.5 Å². The molecule has 0 bridgehead atoms.